The van der Waals surface area contributed by atoms with Crippen molar-refractivity contribution in [1.29, 1.82) is 0 Å². The van der Waals surface area contributed by atoms with E-state index >= 15 is 0 Å². The summed E-state index contributed by atoms with van der Waals surface area (Å²) in [5.74, 6) is -9.51. The van der Waals surface area contributed by atoms with Crippen LogP contribution in [0.5, 0.6) is 0 Å². The lowest BCUT2D eigenvalue weighted by atomic mass is 10.0. The molecule has 0 saturated carbocycles. The van der Waals surface area contributed by atoms with Gasteiger partial charge in [-0.3, -0.25) is 28.8 Å². The average molecular weight is 476 g/mol. The minimum atomic E-state index is -1.79. The Morgan fingerprint density at radius 3 is 1.45 bits per heavy atom. The van der Waals surface area contributed by atoms with Crippen LogP contribution in [-0.2, 0) is 33.6 Å². The van der Waals surface area contributed by atoms with Gasteiger partial charge in [0.05, 0.1) is 25.3 Å². The summed E-state index contributed by atoms with van der Waals surface area (Å²) in [6, 6.07) is -6.49. The summed E-state index contributed by atoms with van der Waals surface area (Å²) >= 11 is 0. The smallest absolute Gasteiger partial charge is 0.326 e. The van der Waals surface area contributed by atoms with E-state index in [1.54, 1.807) is 13.8 Å². The highest BCUT2D eigenvalue weighted by molar-refractivity contribution is 5.96. The molecule has 0 fully saturated rings. The van der Waals surface area contributed by atoms with Crippen molar-refractivity contribution in [3.05, 3.63) is 0 Å². The third kappa shape index (κ3) is 12.0. The van der Waals surface area contributed by atoms with Crippen molar-refractivity contribution >= 4 is 41.6 Å². The van der Waals surface area contributed by atoms with Crippen LogP contribution >= 0.6 is 0 Å². The van der Waals surface area contributed by atoms with Crippen LogP contribution in [0, 0.1) is 5.92 Å². The highest BCUT2D eigenvalue weighted by atomic mass is 16.4. The molecule has 0 aromatic carbocycles. The summed E-state index contributed by atoms with van der Waals surface area (Å²) in [6.45, 7) is 3.33. The molecule has 186 valence electrons. The Kier molecular flexibility index (Phi) is 12.1. The maximum Gasteiger partial charge on any atom is 0.326 e. The molecular weight excluding hydrogens is 448 g/mol. The van der Waals surface area contributed by atoms with Gasteiger partial charge in [-0.15, -0.1) is 0 Å². The fourth-order valence-electron chi connectivity index (χ4n) is 2.57. The maximum absolute atomic E-state index is 12.6. The Balaban J connectivity index is 5.56. The molecule has 15 heteroatoms. The normalized spacial score (nSPS) is 14.3. The van der Waals surface area contributed by atoms with Gasteiger partial charge >= 0.3 is 23.9 Å². The number of rotatable bonds is 15. The van der Waals surface area contributed by atoms with E-state index in [0.29, 0.717) is 0 Å². The number of carboxylic acid groups (broad SMARTS) is 4. The van der Waals surface area contributed by atoms with Gasteiger partial charge in [-0.05, 0) is 12.3 Å². The minimum absolute atomic E-state index is 0.0384. The summed E-state index contributed by atoms with van der Waals surface area (Å²) in [5.41, 5.74) is 5.40. The van der Waals surface area contributed by atoms with Gasteiger partial charge in [0.25, 0.3) is 0 Å². The standard InChI is InChI=1S/C18H28N4O11/c1-7(2)3-9(16(30)22-11(18(32)33)6-14(27)28)21-17(31)10(5-13(25)26)20-15(29)8(19)4-12(23)24/h7-11H,3-6,19H2,1-2H3,(H,20,29)(H,21,31)(H,22,30)(H,23,24)(H,25,26)(H,27,28)(H,32,33). The number of carbonyl (C=O) groups is 7. The van der Waals surface area contributed by atoms with Crippen molar-refractivity contribution in [3.63, 3.8) is 0 Å². The molecule has 0 rings (SSSR count). The van der Waals surface area contributed by atoms with Gasteiger partial charge in [0, 0.05) is 0 Å². The van der Waals surface area contributed by atoms with Gasteiger partial charge in [0.15, 0.2) is 0 Å². The zero-order chi connectivity index (χ0) is 25.9. The van der Waals surface area contributed by atoms with E-state index in [0.717, 1.165) is 0 Å². The molecule has 0 bridgehead atoms. The van der Waals surface area contributed by atoms with Crippen LogP contribution in [0.25, 0.3) is 0 Å². The molecule has 0 aromatic rings. The Hall–Kier alpha value is -3.75. The number of nitrogens with two attached hydrogens (primary N) is 1. The molecule has 9 N–H and O–H groups in total. The first-order chi connectivity index (χ1) is 15.1. The largest absolute Gasteiger partial charge is 0.481 e. The summed E-state index contributed by atoms with van der Waals surface area (Å²) in [5, 5.41) is 41.8. The molecule has 4 atom stereocenters. The van der Waals surface area contributed by atoms with Gasteiger partial charge in [0.2, 0.25) is 17.7 Å². The second-order valence-electron chi connectivity index (χ2n) is 7.55. The molecule has 0 heterocycles. The van der Waals surface area contributed by atoms with Crippen LogP contribution in [0.3, 0.4) is 0 Å². The monoisotopic (exact) mass is 476 g/mol. The number of amides is 3. The van der Waals surface area contributed by atoms with Crippen LogP contribution in [0.2, 0.25) is 0 Å². The molecule has 4 unspecified atom stereocenters. The summed E-state index contributed by atoms with van der Waals surface area (Å²) < 4.78 is 0. The van der Waals surface area contributed by atoms with Crippen molar-refractivity contribution in [1.82, 2.24) is 16.0 Å². The van der Waals surface area contributed by atoms with Gasteiger partial charge in [0.1, 0.15) is 18.1 Å². The summed E-state index contributed by atoms with van der Waals surface area (Å²) in [7, 11) is 0. The van der Waals surface area contributed by atoms with E-state index in [4.69, 9.17) is 26.2 Å². The molecule has 0 aliphatic heterocycles. The molecule has 15 nitrogen and oxygen atoms in total. The molecule has 0 aromatic heterocycles. The number of carbonyl (C=O) groups excluding carboxylic acids is 3. The van der Waals surface area contributed by atoms with E-state index in [-0.39, 0.29) is 12.3 Å². The number of hydrogen-bond donors (Lipinski definition) is 8. The molecular formula is C18H28N4O11. The highest BCUT2D eigenvalue weighted by Gasteiger charge is 2.32. The second kappa shape index (κ2) is 13.6. The molecule has 3 amide bonds. The lowest BCUT2D eigenvalue weighted by molar-refractivity contribution is -0.147. The lowest BCUT2D eigenvalue weighted by Crippen LogP contribution is -2.58. The van der Waals surface area contributed by atoms with Crippen LogP contribution in [0.4, 0.5) is 0 Å². The number of nitrogens with one attached hydrogen (secondary N) is 3. The zero-order valence-electron chi connectivity index (χ0n) is 17.9. The topological polar surface area (TPSA) is 263 Å². The van der Waals surface area contributed by atoms with E-state index in [1.807, 2.05) is 10.6 Å². The van der Waals surface area contributed by atoms with Crippen molar-refractivity contribution in [3.8, 4) is 0 Å². The number of hydrogen-bond acceptors (Lipinski definition) is 8. The third-order valence-corrected chi connectivity index (χ3v) is 4.08. The van der Waals surface area contributed by atoms with E-state index < -0.39 is 85.0 Å². The molecule has 0 aliphatic carbocycles. The molecule has 0 spiro atoms. The second-order valence-corrected chi connectivity index (χ2v) is 7.55. The van der Waals surface area contributed by atoms with Crippen molar-refractivity contribution in [2.75, 3.05) is 0 Å². The SMILES string of the molecule is CC(C)CC(NC(=O)C(CC(=O)O)NC(=O)C(N)CC(=O)O)C(=O)NC(CC(=O)O)C(=O)O. The van der Waals surface area contributed by atoms with Crippen LogP contribution in [-0.4, -0.2) is 86.2 Å². The maximum atomic E-state index is 12.6. The van der Waals surface area contributed by atoms with Crippen molar-refractivity contribution < 1.29 is 54.0 Å². The van der Waals surface area contributed by atoms with E-state index in [2.05, 4.69) is 5.32 Å². The average Bonchev–Trinajstić information content (AvgIpc) is 2.64. The third-order valence-electron chi connectivity index (χ3n) is 4.08. The van der Waals surface area contributed by atoms with Gasteiger partial charge in [-0.1, -0.05) is 13.8 Å². The Labute approximate surface area is 187 Å². The fourth-order valence-corrected chi connectivity index (χ4v) is 2.57. The molecule has 0 aliphatic rings. The highest BCUT2D eigenvalue weighted by Crippen LogP contribution is 2.08. The molecule has 0 saturated heterocycles. The quantitative estimate of drug-likeness (QED) is 0.120. The van der Waals surface area contributed by atoms with Gasteiger partial charge < -0.3 is 42.1 Å². The van der Waals surface area contributed by atoms with Gasteiger partial charge in [-0.2, -0.15) is 0 Å². The van der Waals surface area contributed by atoms with Gasteiger partial charge in [-0.25, -0.2) is 4.79 Å². The predicted octanol–water partition coefficient (Wildman–Crippen LogP) is -2.68. The summed E-state index contributed by atoms with van der Waals surface area (Å²) in [4.78, 5) is 81.0. The Morgan fingerprint density at radius 2 is 1.03 bits per heavy atom. The first kappa shape index (κ1) is 29.2. The van der Waals surface area contributed by atoms with E-state index in [9.17, 15) is 33.6 Å². The minimum Gasteiger partial charge on any atom is -0.481 e. The summed E-state index contributed by atoms with van der Waals surface area (Å²) in [6.07, 6.45) is -2.68. The Morgan fingerprint density at radius 1 is 0.636 bits per heavy atom. The number of carboxylic acids is 4. The molecule has 33 heavy (non-hydrogen) atoms. The van der Waals surface area contributed by atoms with Crippen molar-refractivity contribution in [2.45, 2.75) is 63.7 Å². The van der Waals surface area contributed by atoms with Crippen molar-refractivity contribution in [2.24, 2.45) is 11.7 Å². The lowest BCUT2D eigenvalue weighted by Gasteiger charge is -2.25. The molecule has 0 radical (unpaired) electrons. The van der Waals surface area contributed by atoms with Crippen LogP contribution in [0.15, 0.2) is 0 Å². The predicted molar refractivity (Wildman–Crippen MR) is 108 cm³/mol. The zero-order valence-corrected chi connectivity index (χ0v) is 17.9. The van der Waals surface area contributed by atoms with Crippen LogP contribution in [0.1, 0.15) is 39.5 Å². The van der Waals surface area contributed by atoms with Crippen LogP contribution < -0.4 is 21.7 Å². The number of aliphatic carboxylic acids is 4. The first-order valence-electron chi connectivity index (χ1n) is 9.68. The van der Waals surface area contributed by atoms with E-state index in [1.165, 1.54) is 0 Å². The Bertz CT molecular complexity index is 783. The first-order valence-corrected chi connectivity index (χ1v) is 9.68. The fraction of sp³-hybridized carbons (Fsp3) is 0.611.